The molecule has 2 rings (SSSR count). The Bertz CT molecular complexity index is 400. The highest BCUT2D eigenvalue weighted by Crippen LogP contribution is 2.37. The summed E-state index contributed by atoms with van der Waals surface area (Å²) in [6.07, 6.45) is -1.44. The fourth-order valence-corrected chi connectivity index (χ4v) is 4.79. The third kappa shape index (κ3) is 3.84. The molecule has 2 aliphatic rings. The Balaban J connectivity index is 1.75. The van der Waals surface area contributed by atoms with E-state index in [-0.39, 0.29) is 29.9 Å². The predicted molar refractivity (Wildman–Crippen MR) is 66.6 cm³/mol. The van der Waals surface area contributed by atoms with Crippen molar-refractivity contribution in [1.29, 1.82) is 0 Å². The van der Waals surface area contributed by atoms with Gasteiger partial charge in [0.2, 0.25) is 0 Å². The third-order valence-corrected chi connectivity index (χ3v) is 6.56. The third-order valence-electron chi connectivity index (χ3n) is 4.29. The lowest BCUT2D eigenvalue weighted by Crippen LogP contribution is -2.41. The Morgan fingerprint density at radius 2 is 1.68 bits per heavy atom. The zero-order valence-corrected chi connectivity index (χ0v) is 11.6. The maximum absolute atomic E-state index is 12.5. The van der Waals surface area contributed by atoms with Gasteiger partial charge in [0.05, 0.1) is 16.9 Å². The molecule has 1 saturated heterocycles. The summed E-state index contributed by atoms with van der Waals surface area (Å²) in [4.78, 5) is 0. The number of sulfone groups is 1. The van der Waals surface area contributed by atoms with Gasteiger partial charge in [0.1, 0.15) is 0 Å². The molecule has 2 fully saturated rings. The Labute approximate surface area is 111 Å². The standard InChI is InChI=1S/C12H20F3NO2S/c13-12(14,15)9-3-5-10(6-4-9)16-8-11-2-1-7-19(11,17)18/h9-11,16H,1-8H2. The van der Waals surface area contributed by atoms with Crippen molar-refractivity contribution < 1.29 is 21.6 Å². The minimum Gasteiger partial charge on any atom is -0.313 e. The van der Waals surface area contributed by atoms with Gasteiger partial charge < -0.3 is 5.32 Å². The van der Waals surface area contributed by atoms with Crippen molar-refractivity contribution in [2.24, 2.45) is 5.92 Å². The molecule has 0 aromatic rings. The molecule has 19 heavy (non-hydrogen) atoms. The van der Waals surface area contributed by atoms with Crippen LogP contribution in [0.15, 0.2) is 0 Å². The molecule has 3 nitrogen and oxygen atoms in total. The zero-order valence-electron chi connectivity index (χ0n) is 10.7. The summed E-state index contributed by atoms with van der Waals surface area (Å²) in [5.41, 5.74) is 0. The van der Waals surface area contributed by atoms with E-state index in [1.54, 1.807) is 0 Å². The summed E-state index contributed by atoms with van der Waals surface area (Å²) >= 11 is 0. The molecule has 1 saturated carbocycles. The number of rotatable bonds is 3. The van der Waals surface area contributed by atoms with E-state index in [0.29, 0.717) is 32.2 Å². The highest BCUT2D eigenvalue weighted by atomic mass is 32.2. The van der Waals surface area contributed by atoms with Gasteiger partial charge in [0.25, 0.3) is 0 Å². The van der Waals surface area contributed by atoms with Crippen LogP contribution in [-0.2, 0) is 9.84 Å². The second-order valence-corrected chi connectivity index (χ2v) is 8.03. The second-order valence-electron chi connectivity index (χ2n) is 5.63. The summed E-state index contributed by atoms with van der Waals surface area (Å²) in [6.45, 7) is 0.393. The van der Waals surface area contributed by atoms with E-state index in [1.165, 1.54) is 0 Å². The number of halogens is 3. The van der Waals surface area contributed by atoms with Crippen molar-refractivity contribution in [1.82, 2.24) is 5.32 Å². The molecule has 1 heterocycles. The number of nitrogens with one attached hydrogen (secondary N) is 1. The molecule has 1 unspecified atom stereocenters. The second kappa shape index (κ2) is 5.60. The van der Waals surface area contributed by atoms with Crippen molar-refractivity contribution in [2.45, 2.75) is 56.0 Å². The van der Waals surface area contributed by atoms with Crippen LogP contribution >= 0.6 is 0 Å². The van der Waals surface area contributed by atoms with Gasteiger partial charge in [-0.2, -0.15) is 13.2 Å². The molecule has 7 heteroatoms. The van der Waals surface area contributed by atoms with Crippen LogP contribution in [0.4, 0.5) is 13.2 Å². The lowest BCUT2D eigenvalue weighted by molar-refractivity contribution is -0.182. The molecule has 0 amide bonds. The van der Waals surface area contributed by atoms with Gasteiger partial charge >= 0.3 is 6.18 Å². The highest BCUT2D eigenvalue weighted by Gasteiger charge is 2.41. The zero-order chi connectivity index (χ0) is 14.1. The largest absolute Gasteiger partial charge is 0.391 e. The van der Waals surface area contributed by atoms with Gasteiger partial charge in [0, 0.05) is 12.6 Å². The van der Waals surface area contributed by atoms with Gasteiger partial charge in [-0.3, -0.25) is 0 Å². The van der Waals surface area contributed by atoms with Crippen LogP contribution in [0.1, 0.15) is 38.5 Å². The molecule has 0 radical (unpaired) electrons. The molecule has 0 aromatic heterocycles. The summed E-state index contributed by atoms with van der Waals surface area (Å²) in [6, 6.07) is 0.0365. The first-order valence-electron chi connectivity index (χ1n) is 6.81. The SMILES string of the molecule is O=S1(=O)CCCC1CNC1CCC(C(F)(F)F)CC1. The van der Waals surface area contributed by atoms with E-state index in [4.69, 9.17) is 0 Å². The van der Waals surface area contributed by atoms with E-state index in [0.717, 1.165) is 0 Å². The Kier molecular flexibility index (Phi) is 4.45. The molecule has 1 atom stereocenters. The molecule has 0 spiro atoms. The fourth-order valence-electron chi connectivity index (χ4n) is 3.01. The fraction of sp³-hybridized carbons (Fsp3) is 1.00. The first-order chi connectivity index (χ1) is 8.79. The van der Waals surface area contributed by atoms with Crippen LogP contribution in [0.2, 0.25) is 0 Å². The minimum absolute atomic E-state index is 0.0365. The van der Waals surface area contributed by atoms with Gasteiger partial charge in [-0.1, -0.05) is 0 Å². The topological polar surface area (TPSA) is 46.2 Å². The van der Waals surface area contributed by atoms with E-state index in [1.807, 2.05) is 0 Å². The van der Waals surface area contributed by atoms with Crippen molar-refractivity contribution in [2.75, 3.05) is 12.3 Å². The summed E-state index contributed by atoms with van der Waals surface area (Å²) < 4.78 is 60.8. The maximum atomic E-state index is 12.5. The molecule has 0 aromatic carbocycles. The summed E-state index contributed by atoms with van der Waals surface area (Å²) in [7, 11) is -2.96. The summed E-state index contributed by atoms with van der Waals surface area (Å²) in [5, 5.41) is 2.80. The van der Waals surface area contributed by atoms with E-state index in [2.05, 4.69) is 5.32 Å². The normalized spacial score (nSPS) is 35.4. The Morgan fingerprint density at radius 3 is 2.16 bits per heavy atom. The van der Waals surface area contributed by atoms with Crippen LogP contribution in [0.5, 0.6) is 0 Å². The van der Waals surface area contributed by atoms with Crippen molar-refractivity contribution >= 4 is 9.84 Å². The molecular formula is C12H20F3NO2S. The quantitative estimate of drug-likeness (QED) is 0.869. The number of alkyl halides is 3. The van der Waals surface area contributed by atoms with Crippen molar-refractivity contribution in [3.8, 4) is 0 Å². The van der Waals surface area contributed by atoms with Crippen LogP contribution in [0, 0.1) is 5.92 Å². The van der Waals surface area contributed by atoms with Crippen LogP contribution < -0.4 is 5.32 Å². The van der Waals surface area contributed by atoms with Crippen LogP contribution in [0.25, 0.3) is 0 Å². The molecular weight excluding hydrogens is 279 g/mol. The minimum atomic E-state index is -4.08. The van der Waals surface area contributed by atoms with Crippen LogP contribution in [0.3, 0.4) is 0 Å². The lowest BCUT2D eigenvalue weighted by Gasteiger charge is -2.30. The summed E-state index contributed by atoms with van der Waals surface area (Å²) in [5.74, 6) is -0.930. The first-order valence-corrected chi connectivity index (χ1v) is 8.52. The predicted octanol–water partition coefficient (Wildman–Crippen LogP) is 2.27. The average molecular weight is 299 g/mol. The molecule has 1 N–H and O–H groups in total. The van der Waals surface area contributed by atoms with E-state index < -0.39 is 21.9 Å². The molecule has 0 bridgehead atoms. The molecule has 1 aliphatic heterocycles. The molecule has 1 aliphatic carbocycles. The monoisotopic (exact) mass is 299 g/mol. The van der Waals surface area contributed by atoms with E-state index in [9.17, 15) is 21.6 Å². The Hall–Kier alpha value is -0.300. The van der Waals surface area contributed by atoms with Crippen LogP contribution in [-0.4, -0.2) is 38.2 Å². The number of hydrogen-bond donors (Lipinski definition) is 1. The van der Waals surface area contributed by atoms with Gasteiger partial charge in [0.15, 0.2) is 9.84 Å². The van der Waals surface area contributed by atoms with Crippen molar-refractivity contribution in [3.05, 3.63) is 0 Å². The number of hydrogen-bond acceptors (Lipinski definition) is 3. The maximum Gasteiger partial charge on any atom is 0.391 e. The van der Waals surface area contributed by atoms with Gasteiger partial charge in [-0.05, 0) is 38.5 Å². The van der Waals surface area contributed by atoms with Crippen molar-refractivity contribution in [3.63, 3.8) is 0 Å². The highest BCUT2D eigenvalue weighted by molar-refractivity contribution is 7.92. The van der Waals surface area contributed by atoms with E-state index >= 15 is 0 Å². The Morgan fingerprint density at radius 1 is 1.05 bits per heavy atom. The average Bonchev–Trinajstić information content (AvgIpc) is 2.65. The van der Waals surface area contributed by atoms with Gasteiger partial charge in [-0.15, -0.1) is 0 Å². The first kappa shape index (κ1) is 15.1. The smallest absolute Gasteiger partial charge is 0.313 e. The van der Waals surface area contributed by atoms with Gasteiger partial charge in [-0.25, -0.2) is 8.42 Å². The molecule has 112 valence electrons. The lowest BCUT2D eigenvalue weighted by atomic mass is 9.85.